The molecule has 4 aromatic rings. The number of halogens is 2. The van der Waals surface area contributed by atoms with E-state index in [4.69, 9.17) is 25.8 Å². The first-order valence-electron chi connectivity index (χ1n) is 13.2. The van der Waals surface area contributed by atoms with Crippen molar-refractivity contribution in [1.82, 2.24) is 4.57 Å². The molecule has 1 aliphatic rings. The first kappa shape index (κ1) is 29.8. The Morgan fingerprint density at radius 2 is 1.88 bits per heavy atom. The first-order chi connectivity index (χ1) is 20.2. The first-order valence-corrected chi connectivity index (χ1v) is 15.2. The van der Waals surface area contributed by atoms with Crippen LogP contribution in [0.15, 0.2) is 86.2 Å². The zero-order valence-corrected chi connectivity index (χ0v) is 26.6. The third kappa shape index (κ3) is 5.95. The fourth-order valence-electron chi connectivity index (χ4n) is 4.74. The van der Waals surface area contributed by atoms with Crippen LogP contribution in [0.5, 0.6) is 11.5 Å². The van der Waals surface area contributed by atoms with E-state index in [9.17, 15) is 9.59 Å². The lowest BCUT2D eigenvalue weighted by atomic mass is 9.95. The van der Waals surface area contributed by atoms with Gasteiger partial charge in [0.25, 0.3) is 5.56 Å². The van der Waals surface area contributed by atoms with Crippen LogP contribution in [-0.2, 0) is 16.1 Å². The molecule has 0 amide bonds. The van der Waals surface area contributed by atoms with Gasteiger partial charge in [0, 0.05) is 10.6 Å². The molecule has 0 aliphatic carbocycles. The van der Waals surface area contributed by atoms with E-state index in [2.05, 4.69) is 20.9 Å². The van der Waals surface area contributed by atoms with Crippen molar-refractivity contribution in [2.24, 2.45) is 4.99 Å². The van der Waals surface area contributed by atoms with E-state index in [0.717, 1.165) is 22.3 Å². The summed E-state index contributed by atoms with van der Waals surface area (Å²) >= 11 is 11.1. The number of allylic oxidation sites excluding steroid dienone is 1. The molecular weight excluding hydrogens is 640 g/mol. The SMILES string of the molecule is CCOC(=O)C1=C(C)N=c2s/c(=C\c3cc(Br)c(OCc4ccccc4Cl)c(OC)c3)c(=O)n2[C@@H]1c1ccc(C)cc1. The summed E-state index contributed by atoms with van der Waals surface area (Å²) in [7, 11) is 1.56. The van der Waals surface area contributed by atoms with Crippen LogP contribution in [0, 0.1) is 6.92 Å². The van der Waals surface area contributed by atoms with Crippen molar-refractivity contribution in [2.45, 2.75) is 33.4 Å². The molecule has 0 saturated heterocycles. The number of aromatic nitrogens is 1. The Kier molecular flexibility index (Phi) is 9.01. The molecule has 1 atom stereocenters. The summed E-state index contributed by atoms with van der Waals surface area (Å²) in [4.78, 5) is 32.2. The molecule has 2 heterocycles. The lowest BCUT2D eigenvalue weighted by Crippen LogP contribution is -2.39. The zero-order chi connectivity index (χ0) is 30.0. The largest absolute Gasteiger partial charge is 0.493 e. The molecule has 216 valence electrons. The Bertz CT molecular complexity index is 1880. The number of carbonyl (C=O) groups excluding carboxylic acids is 1. The average molecular weight is 668 g/mol. The number of rotatable bonds is 8. The van der Waals surface area contributed by atoms with Crippen LogP contribution in [0.25, 0.3) is 6.08 Å². The van der Waals surface area contributed by atoms with E-state index in [0.29, 0.717) is 41.6 Å². The number of esters is 1. The maximum absolute atomic E-state index is 13.9. The second-order valence-corrected chi connectivity index (χ2v) is 11.9. The summed E-state index contributed by atoms with van der Waals surface area (Å²) in [5, 5.41) is 0.616. The van der Waals surface area contributed by atoms with Gasteiger partial charge in [0.2, 0.25) is 0 Å². The molecule has 3 aromatic carbocycles. The summed E-state index contributed by atoms with van der Waals surface area (Å²) in [6.07, 6.45) is 1.78. The number of thiazole rings is 1. The number of benzene rings is 3. The van der Waals surface area contributed by atoms with Crippen LogP contribution in [-0.4, -0.2) is 24.3 Å². The van der Waals surface area contributed by atoms with E-state index >= 15 is 0 Å². The molecular formula is C32H28BrClN2O5S. The van der Waals surface area contributed by atoms with Crippen molar-refractivity contribution in [3.05, 3.63) is 123 Å². The molecule has 1 aromatic heterocycles. The summed E-state index contributed by atoms with van der Waals surface area (Å²) in [5.74, 6) is 0.526. The van der Waals surface area contributed by atoms with Crippen molar-refractivity contribution < 1.29 is 19.0 Å². The van der Waals surface area contributed by atoms with E-state index < -0.39 is 12.0 Å². The van der Waals surface area contributed by atoms with Gasteiger partial charge in [-0.3, -0.25) is 9.36 Å². The van der Waals surface area contributed by atoms with Gasteiger partial charge in [-0.05, 0) is 72.1 Å². The van der Waals surface area contributed by atoms with Crippen molar-refractivity contribution in [3.63, 3.8) is 0 Å². The molecule has 7 nitrogen and oxygen atoms in total. The van der Waals surface area contributed by atoms with Gasteiger partial charge in [0.05, 0.1) is 40.0 Å². The van der Waals surface area contributed by atoms with Crippen molar-refractivity contribution >= 4 is 50.9 Å². The number of aryl methyl sites for hydroxylation is 1. The highest BCUT2D eigenvalue weighted by Gasteiger charge is 2.33. The highest BCUT2D eigenvalue weighted by molar-refractivity contribution is 9.10. The van der Waals surface area contributed by atoms with Gasteiger partial charge in [-0.25, -0.2) is 9.79 Å². The molecule has 0 bridgehead atoms. The summed E-state index contributed by atoms with van der Waals surface area (Å²) in [6.45, 7) is 5.99. The minimum atomic E-state index is -0.662. The predicted molar refractivity (Wildman–Crippen MR) is 168 cm³/mol. The van der Waals surface area contributed by atoms with Crippen LogP contribution in [0.4, 0.5) is 0 Å². The van der Waals surface area contributed by atoms with Crippen molar-refractivity contribution in [2.75, 3.05) is 13.7 Å². The van der Waals surface area contributed by atoms with E-state index in [1.807, 2.05) is 61.5 Å². The monoisotopic (exact) mass is 666 g/mol. The summed E-state index contributed by atoms with van der Waals surface area (Å²) < 4.78 is 19.8. The fourth-order valence-corrected chi connectivity index (χ4v) is 6.55. The van der Waals surface area contributed by atoms with Gasteiger partial charge in [-0.15, -0.1) is 0 Å². The number of hydrogen-bond donors (Lipinski definition) is 0. The van der Waals surface area contributed by atoms with Crippen LogP contribution >= 0.6 is 38.9 Å². The number of carbonyl (C=O) groups is 1. The Labute approximate surface area is 260 Å². The predicted octanol–water partition coefficient (Wildman–Crippen LogP) is 6.11. The zero-order valence-electron chi connectivity index (χ0n) is 23.4. The van der Waals surface area contributed by atoms with E-state index in [1.54, 1.807) is 37.7 Å². The molecule has 0 radical (unpaired) electrons. The standard InChI is InChI=1S/C32H28BrClN2O5S/c1-5-40-31(38)27-19(3)35-32-36(28(27)21-12-10-18(2)11-13-21)30(37)26(42-32)16-20-14-23(33)29(25(15-20)39-4)41-17-22-8-6-7-9-24(22)34/h6-16,28H,5,17H2,1-4H3/b26-16-/t28-/m1/s1. The third-order valence-corrected chi connectivity index (χ3v) is 8.73. The quantitative estimate of drug-likeness (QED) is 0.212. The Morgan fingerprint density at radius 1 is 1.14 bits per heavy atom. The lowest BCUT2D eigenvalue weighted by molar-refractivity contribution is -0.139. The van der Waals surface area contributed by atoms with Gasteiger partial charge < -0.3 is 14.2 Å². The highest BCUT2D eigenvalue weighted by Crippen LogP contribution is 2.38. The minimum absolute atomic E-state index is 0.218. The highest BCUT2D eigenvalue weighted by atomic mass is 79.9. The maximum Gasteiger partial charge on any atom is 0.338 e. The van der Waals surface area contributed by atoms with Gasteiger partial charge in [-0.2, -0.15) is 0 Å². The number of nitrogens with zero attached hydrogens (tertiary/aromatic N) is 2. The van der Waals surface area contributed by atoms with Gasteiger partial charge in [-0.1, -0.05) is 71.0 Å². The molecule has 1 aliphatic heterocycles. The average Bonchev–Trinajstić information content (AvgIpc) is 3.26. The molecule has 0 spiro atoms. The van der Waals surface area contributed by atoms with E-state index in [-0.39, 0.29) is 18.8 Å². The Balaban J connectivity index is 1.58. The normalized spacial score (nSPS) is 14.8. The molecule has 0 fully saturated rings. The third-order valence-electron chi connectivity index (χ3n) is 6.79. The topological polar surface area (TPSA) is 79.1 Å². The van der Waals surface area contributed by atoms with Gasteiger partial charge in [0.1, 0.15) is 6.61 Å². The van der Waals surface area contributed by atoms with Crippen LogP contribution < -0.4 is 24.4 Å². The molecule has 0 unspecified atom stereocenters. The van der Waals surface area contributed by atoms with Gasteiger partial charge >= 0.3 is 5.97 Å². The minimum Gasteiger partial charge on any atom is -0.493 e. The second kappa shape index (κ2) is 12.7. The summed E-state index contributed by atoms with van der Waals surface area (Å²) in [6, 6.07) is 18.3. The number of ether oxygens (including phenoxy) is 3. The smallest absolute Gasteiger partial charge is 0.338 e. The second-order valence-electron chi connectivity index (χ2n) is 9.63. The van der Waals surface area contributed by atoms with Crippen molar-refractivity contribution in [3.8, 4) is 11.5 Å². The molecule has 0 N–H and O–H groups in total. The van der Waals surface area contributed by atoms with Gasteiger partial charge in [0.15, 0.2) is 16.3 Å². The molecule has 5 rings (SSSR count). The molecule has 42 heavy (non-hydrogen) atoms. The number of methoxy groups -OCH3 is 1. The fraction of sp³-hybridized carbons (Fsp3) is 0.219. The van der Waals surface area contributed by atoms with Crippen LogP contribution in [0.3, 0.4) is 0 Å². The molecule has 10 heteroatoms. The summed E-state index contributed by atoms with van der Waals surface area (Å²) in [5.41, 5.74) is 4.06. The van der Waals surface area contributed by atoms with Crippen LogP contribution in [0.2, 0.25) is 5.02 Å². The lowest BCUT2D eigenvalue weighted by Gasteiger charge is -2.24. The number of hydrogen-bond acceptors (Lipinski definition) is 7. The van der Waals surface area contributed by atoms with E-state index in [1.165, 1.54) is 11.3 Å². The maximum atomic E-state index is 13.9. The van der Waals surface area contributed by atoms with Crippen molar-refractivity contribution in [1.29, 1.82) is 0 Å². The number of fused-ring (bicyclic) bond motifs is 1. The Hall–Kier alpha value is -3.66. The molecule has 0 saturated carbocycles. The Morgan fingerprint density at radius 3 is 2.57 bits per heavy atom. The van der Waals surface area contributed by atoms with Crippen LogP contribution in [0.1, 0.15) is 42.1 Å².